The van der Waals surface area contributed by atoms with Crippen LogP contribution < -0.4 is 4.90 Å². The van der Waals surface area contributed by atoms with Gasteiger partial charge in [-0.1, -0.05) is 18.2 Å². The molecule has 0 saturated heterocycles. The zero-order chi connectivity index (χ0) is 12.3. The Morgan fingerprint density at radius 1 is 1.06 bits per heavy atom. The van der Waals surface area contributed by atoms with Crippen LogP contribution in [0.2, 0.25) is 0 Å². The van der Waals surface area contributed by atoms with Crippen molar-refractivity contribution >= 4 is 17.8 Å². The maximum absolute atomic E-state index is 4.29. The van der Waals surface area contributed by atoms with Gasteiger partial charge in [-0.2, -0.15) is 5.10 Å². The van der Waals surface area contributed by atoms with Gasteiger partial charge in [0.05, 0.1) is 5.69 Å². The number of benzene rings is 1. The summed E-state index contributed by atoms with van der Waals surface area (Å²) in [5.74, 6) is 0. The van der Waals surface area contributed by atoms with Crippen molar-refractivity contribution in [1.29, 1.82) is 0 Å². The third kappa shape index (κ3) is 2.97. The summed E-state index contributed by atoms with van der Waals surface area (Å²) in [6, 6.07) is 10.4. The number of hydrogen-bond donors (Lipinski definition) is 0. The molecule has 1 heterocycles. The molecule has 0 unspecified atom stereocenters. The van der Waals surface area contributed by atoms with E-state index in [0.29, 0.717) is 0 Å². The molecule has 2 aromatic rings. The quantitative estimate of drug-likeness (QED) is 0.803. The first-order valence-corrected chi connectivity index (χ1v) is 5.60. The number of nitrogens with zero attached hydrogens (tertiary/aromatic N) is 3. The Hall–Kier alpha value is -2.03. The fourth-order valence-electron chi connectivity index (χ4n) is 1.59. The monoisotopic (exact) mass is 227 g/mol. The number of anilines is 1. The topological polar surface area (TPSA) is 21.1 Å². The van der Waals surface area contributed by atoms with E-state index >= 15 is 0 Å². The molecule has 0 aliphatic rings. The van der Waals surface area contributed by atoms with Crippen molar-refractivity contribution in [3.63, 3.8) is 0 Å². The van der Waals surface area contributed by atoms with E-state index in [-0.39, 0.29) is 0 Å². The van der Waals surface area contributed by atoms with E-state index in [1.54, 1.807) is 4.68 Å². The van der Waals surface area contributed by atoms with Crippen molar-refractivity contribution in [3.05, 3.63) is 47.8 Å². The lowest BCUT2D eigenvalue weighted by atomic mass is 10.2. The summed E-state index contributed by atoms with van der Waals surface area (Å²) in [7, 11) is 6.00. The summed E-state index contributed by atoms with van der Waals surface area (Å²) in [6.07, 6.45) is 6.03. The maximum atomic E-state index is 4.29. The maximum Gasteiger partial charge on any atom is 0.0850 e. The highest BCUT2D eigenvalue weighted by Gasteiger charge is 1.94. The van der Waals surface area contributed by atoms with E-state index in [0.717, 1.165) is 5.69 Å². The van der Waals surface area contributed by atoms with Gasteiger partial charge in [0, 0.05) is 33.0 Å². The fraction of sp³-hybridized carbons (Fsp3) is 0.214. The van der Waals surface area contributed by atoms with E-state index in [1.807, 2.05) is 39.5 Å². The minimum Gasteiger partial charge on any atom is -0.378 e. The highest BCUT2D eigenvalue weighted by Crippen LogP contribution is 2.14. The van der Waals surface area contributed by atoms with E-state index in [1.165, 1.54) is 11.3 Å². The molecule has 2 rings (SSSR count). The van der Waals surface area contributed by atoms with Crippen molar-refractivity contribution in [3.8, 4) is 0 Å². The average molecular weight is 227 g/mol. The van der Waals surface area contributed by atoms with Gasteiger partial charge in [-0.3, -0.25) is 4.68 Å². The summed E-state index contributed by atoms with van der Waals surface area (Å²) in [4.78, 5) is 2.09. The second-order valence-corrected chi connectivity index (χ2v) is 4.23. The molecule has 0 atom stereocenters. The Labute approximate surface area is 102 Å². The first-order valence-electron chi connectivity index (χ1n) is 5.60. The molecule has 1 aromatic carbocycles. The van der Waals surface area contributed by atoms with Gasteiger partial charge in [-0.15, -0.1) is 0 Å². The normalized spacial score (nSPS) is 11.0. The first kappa shape index (κ1) is 11.5. The summed E-state index contributed by atoms with van der Waals surface area (Å²) >= 11 is 0. The highest BCUT2D eigenvalue weighted by molar-refractivity contribution is 5.68. The Balaban J connectivity index is 2.11. The van der Waals surface area contributed by atoms with Crippen molar-refractivity contribution < 1.29 is 0 Å². The van der Waals surface area contributed by atoms with Crippen molar-refractivity contribution in [2.24, 2.45) is 7.05 Å². The number of rotatable bonds is 3. The number of aryl methyl sites for hydroxylation is 1. The highest BCUT2D eigenvalue weighted by atomic mass is 15.2. The van der Waals surface area contributed by atoms with Crippen LogP contribution >= 0.6 is 0 Å². The van der Waals surface area contributed by atoms with Gasteiger partial charge in [-0.05, 0) is 29.8 Å². The minimum absolute atomic E-state index is 0.976. The van der Waals surface area contributed by atoms with Crippen LogP contribution in [-0.4, -0.2) is 23.9 Å². The summed E-state index contributed by atoms with van der Waals surface area (Å²) < 4.78 is 1.80. The van der Waals surface area contributed by atoms with Gasteiger partial charge >= 0.3 is 0 Å². The van der Waals surface area contributed by atoms with Crippen LogP contribution in [0.3, 0.4) is 0 Å². The average Bonchev–Trinajstić information content (AvgIpc) is 2.73. The molecular weight excluding hydrogens is 210 g/mol. The van der Waals surface area contributed by atoms with E-state index in [4.69, 9.17) is 0 Å². The molecule has 0 spiro atoms. The molecule has 0 amide bonds. The lowest BCUT2D eigenvalue weighted by Crippen LogP contribution is -2.07. The van der Waals surface area contributed by atoms with Crippen molar-refractivity contribution in [2.45, 2.75) is 0 Å². The predicted octanol–water partition coefficient (Wildman–Crippen LogP) is 2.66. The predicted molar refractivity (Wildman–Crippen MR) is 72.9 cm³/mol. The first-order chi connectivity index (χ1) is 8.15. The molecule has 17 heavy (non-hydrogen) atoms. The van der Waals surface area contributed by atoms with Crippen LogP contribution in [0, 0.1) is 0 Å². The van der Waals surface area contributed by atoms with Crippen LogP contribution in [0.15, 0.2) is 36.5 Å². The largest absolute Gasteiger partial charge is 0.378 e. The molecule has 0 bridgehead atoms. The number of hydrogen-bond acceptors (Lipinski definition) is 2. The lowest BCUT2D eigenvalue weighted by molar-refractivity contribution is 0.765. The second-order valence-electron chi connectivity index (χ2n) is 4.23. The molecule has 0 aliphatic heterocycles. The fourth-order valence-corrected chi connectivity index (χ4v) is 1.59. The van der Waals surface area contributed by atoms with Crippen LogP contribution in [0.4, 0.5) is 5.69 Å². The molecule has 0 saturated carbocycles. The summed E-state index contributed by atoms with van der Waals surface area (Å²) in [5.41, 5.74) is 3.37. The molecule has 0 N–H and O–H groups in total. The minimum atomic E-state index is 0.976. The molecular formula is C14H17N3. The second kappa shape index (κ2) is 4.87. The molecule has 88 valence electrons. The smallest absolute Gasteiger partial charge is 0.0850 e. The zero-order valence-electron chi connectivity index (χ0n) is 10.5. The number of aromatic nitrogens is 2. The van der Waals surface area contributed by atoms with Gasteiger partial charge in [-0.25, -0.2) is 0 Å². The Bertz CT molecular complexity index is 507. The van der Waals surface area contributed by atoms with E-state index < -0.39 is 0 Å². The third-order valence-electron chi connectivity index (χ3n) is 2.59. The van der Waals surface area contributed by atoms with Crippen LogP contribution in [0.25, 0.3) is 12.2 Å². The molecule has 1 aromatic heterocycles. The zero-order valence-corrected chi connectivity index (χ0v) is 10.5. The Kier molecular flexibility index (Phi) is 3.28. The Morgan fingerprint density at radius 3 is 2.29 bits per heavy atom. The third-order valence-corrected chi connectivity index (χ3v) is 2.59. The molecule has 3 nitrogen and oxygen atoms in total. The molecule has 0 radical (unpaired) electrons. The van der Waals surface area contributed by atoms with Crippen LogP contribution in [0.5, 0.6) is 0 Å². The van der Waals surface area contributed by atoms with E-state index in [2.05, 4.69) is 40.3 Å². The summed E-state index contributed by atoms with van der Waals surface area (Å²) in [6.45, 7) is 0. The van der Waals surface area contributed by atoms with Gasteiger partial charge in [0.25, 0.3) is 0 Å². The Morgan fingerprint density at radius 2 is 1.76 bits per heavy atom. The van der Waals surface area contributed by atoms with Crippen LogP contribution in [0.1, 0.15) is 11.3 Å². The molecule has 0 fully saturated rings. The summed E-state index contributed by atoms with van der Waals surface area (Å²) in [5, 5.41) is 4.29. The van der Waals surface area contributed by atoms with Gasteiger partial charge in [0.1, 0.15) is 0 Å². The molecule has 0 aliphatic carbocycles. The van der Waals surface area contributed by atoms with Gasteiger partial charge in [0.15, 0.2) is 0 Å². The van der Waals surface area contributed by atoms with E-state index in [9.17, 15) is 0 Å². The van der Waals surface area contributed by atoms with Crippen molar-refractivity contribution in [1.82, 2.24) is 9.78 Å². The van der Waals surface area contributed by atoms with Gasteiger partial charge < -0.3 is 4.90 Å². The van der Waals surface area contributed by atoms with Gasteiger partial charge in [0.2, 0.25) is 0 Å². The standard InChI is InChI=1S/C14H17N3/c1-16(2)14-8-5-12(6-9-14)4-7-13-10-11-17(3)15-13/h4-11H,1-3H3/b7-4+. The van der Waals surface area contributed by atoms with Crippen LogP contribution in [-0.2, 0) is 7.05 Å². The SMILES string of the molecule is CN(C)c1ccc(/C=C/c2ccn(C)n2)cc1. The lowest BCUT2D eigenvalue weighted by Gasteiger charge is -2.11. The van der Waals surface area contributed by atoms with Crippen molar-refractivity contribution in [2.75, 3.05) is 19.0 Å². The molecule has 3 heteroatoms.